The Bertz CT molecular complexity index is 974. The molecule has 31 heavy (non-hydrogen) atoms. The molecule has 0 aromatic heterocycles. The van der Waals surface area contributed by atoms with Gasteiger partial charge in [-0.15, -0.1) is 0 Å². The van der Waals surface area contributed by atoms with Crippen molar-refractivity contribution in [1.29, 1.82) is 0 Å². The molecule has 0 unspecified atom stereocenters. The normalized spacial score (nSPS) is 10.2. The quantitative estimate of drug-likeness (QED) is 0.523. The maximum atomic E-state index is 12.4. The van der Waals surface area contributed by atoms with Crippen LogP contribution in [0.25, 0.3) is 0 Å². The summed E-state index contributed by atoms with van der Waals surface area (Å²) >= 11 is 0. The molecule has 162 valence electrons. The highest BCUT2D eigenvalue weighted by Gasteiger charge is 2.10. The largest absolute Gasteiger partial charge is 0.497 e. The van der Waals surface area contributed by atoms with Crippen LogP contribution in [-0.2, 0) is 0 Å². The molecule has 0 spiro atoms. The van der Waals surface area contributed by atoms with Crippen LogP contribution in [0.5, 0.6) is 28.7 Å². The Kier molecular flexibility index (Phi) is 7.59. The fourth-order valence-electron chi connectivity index (χ4n) is 2.73. The molecule has 0 radical (unpaired) electrons. The molecule has 0 saturated carbocycles. The molecule has 3 aromatic rings. The average Bonchev–Trinajstić information content (AvgIpc) is 2.81. The van der Waals surface area contributed by atoms with E-state index >= 15 is 0 Å². The number of amides is 2. The van der Waals surface area contributed by atoms with E-state index in [2.05, 4.69) is 5.32 Å². The summed E-state index contributed by atoms with van der Waals surface area (Å²) in [6, 6.07) is 21.6. The number of nitrogens with zero attached hydrogens (tertiary/aromatic N) is 1. The van der Waals surface area contributed by atoms with Crippen molar-refractivity contribution in [2.24, 2.45) is 0 Å². The number of carbonyl (C=O) groups excluding carboxylic acids is 1. The third-order valence-electron chi connectivity index (χ3n) is 4.50. The molecule has 0 aliphatic rings. The number of anilines is 1. The Balaban J connectivity index is 1.46. The van der Waals surface area contributed by atoms with Gasteiger partial charge in [-0.3, -0.25) is 0 Å². The van der Waals surface area contributed by atoms with Crippen molar-refractivity contribution in [2.75, 3.05) is 39.7 Å². The van der Waals surface area contributed by atoms with Crippen LogP contribution < -0.4 is 24.3 Å². The number of likely N-dealkylation sites (N-methyl/N-ethyl adjacent to an activating group) is 1. The van der Waals surface area contributed by atoms with E-state index in [1.54, 1.807) is 50.4 Å². The molecule has 3 rings (SSSR count). The SMILES string of the molecule is COc1ccc(OCCN(C)C(=O)Nc2ccc(Oc3ccccc3OC)cc2)cc1. The van der Waals surface area contributed by atoms with Crippen LogP contribution in [0.15, 0.2) is 72.8 Å². The van der Waals surface area contributed by atoms with E-state index < -0.39 is 0 Å². The van der Waals surface area contributed by atoms with Crippen LogP contribution in [0, 0.1) is 0 Å². The summed E-state index contributed by atoms with van der Waals surface area (Å²) in [5, 5.41) is 2.85. The first-order valence-electron chi connectivity index (χ1n) is 9.79. The standard InChI is InChI=1S/C24H26N2O5/c1-26(16-17-30-20-14-12-19(28-2)13-15-20)24(27)25-18-8-10-21(11-9-18)31-23-7-5-4-6-22(23)29-3/h4-15H,16-17H2,1-3H3,(H,25,27). The minimum Gasteiger partial charge on any atom is -0.497 e. The van der Waals surface area contributed by atoms with E-state index in [0.29, 0.717) is 36.1 Å². The van der Waals surface area contributed by atoms with Crippen LogP contribution in [0.1, 0.15) is 0 Å². The molecular weight excluding hydrogens is 396 g/mol. The number of hydrogen-bond acceptors (Lipinski definition) is 5. The summed E-state index contributed by atoms with van der Waals surface area (Å²) in [5.74, 6) is 3.41. The minimum atomic E-state index is -0.225. The van der Waals surface area contributed by atoms with Crippen molar-refractivity contribution in [3.63, 3.8) is 0 Å². The zero-order valence-electron chi connectivity index (χ0n) is 17.8. The molecule has 1 N–H and O–H groups in total. The van der Waals surface area contributed by atoms with E-state index in [1.807, 2.05) is 48.5 Å². The summed E-state index contributed by atoms with van der Waals surface area (Å²) < 4.78 is 21.9. The monoisotopic (exact) mass is 422 g/mol. The topological polar surface area (TPSA) is 69.3 Å². The second-order valence-electron chi connectivity index (χ2n) is 6.65. The number of nitrogens with one attached hydrogen (secondary N) is 1. The van der Waals surface area contributed by atoms with Crippen molar-refractivity contribution in [1.82, 2.24) is 4.90 Å². The number of hydrogen-bond donors (Lipinski definition) is 1. The number of carbonyl (C=O) groups is 1. The molecule has 7 nitrogen and oxygen atoms in total. The molecule has 2 amide bonds. The number of methoxy groups -OCH3 is 2. The number of urea groups is 1. The number of rotatable bonds is 9. The van der Waals surface area contributed by atoms with Gasteiger partial charge in [-0.25, -0.2) is 4.79 Å². The Morgan fingerprint density at radius 1 is 0.806 bits per heavy atom. The molecule has 7 heteroatoms. The summed E-state index contributed by atoms with van der Waals surface area (Å²) in [6.07, 6.45) is 0. The molecular formula is C24H26N2O5. The molecule has 0 heterocycles. The van der Waals surface area contributed by atoms with Gasteiger partial charge in [0.15, 0.2) is 11.5 Å². The fourth-order valence-corrected chi connectivity index (χ4v) is 2.73. The predicted octanol–water partition coefficient (Wildman–Crippen LogP) is 5.04. The fraction of sp³-hybridized carbons (Fsp3) is 0.208. The molecule has 0 aliphatic carbocycles. The van der Waals surface area contributed by atoms with E-state index in [-0.39, 0.29) is 6.03 Å². The summed E-state index contributed by atoms with van der Waals surface area (Å²) in [6.45, 7) is 0.814. The average molecular weight is 422 g/mol. The maximum absolute atomic E-state index is 12.4. The molecule has 0 saturated heterocycles. The first-order valence-corrected chi connectivity index (χ1v) is 9.79. The summed E-state index contributed by atoms with van der Waals surface area (Å²) in [5.41, 5.74) is 0.667. The molecule has 3 aromatic carbocycles. The van der Waals surface area contributed by atoms with Gasteiger partial charge in [0.2, 0.25) is 0 Å². The molecule has 0 atom stereocenters. The summed E-state index contributed by atoms with van der Waals surface area (Å²) in [7, 11) is 4.93. The lowest BCUT2D eigenvalue weighted by molar-refractivity contribution is 0.207. The Morgan fingerprint density at radius 3 is 2.06 bits per heavy atom. The van der Waals surface area contributed by atoms with Gasteiger partial charge in [0.25, 0.3) is 0 Å². The van der Waals surface area contributed by atoms with Crippen molar-refractivity contribution in [2.45, 2.75) is 0 Å². The van der Waals surface area contributed by atoms with Gasteiger partial charge in [-0.05, 0) is 60.7 Å². The number of benzene rings is 3. The van der Waals surface area contributed by atoms with Gasteiger partial charge >= 0.3 is 6.03 Å². The van der Waals surface area contributed by atoms with Gasteiger partial charge in [-0.2, -0.15) is 0 Å². The van der Waals surface area contributed by atoms with Crippen LogP contribution in [-0.4, -0.2) is 45.3 Å². The smallest absolute Gasteiger partial charge is 0.321 e. The van der Waals surface area contributed by atoms with Gasteiger partial charge in [0.1, 0.15) is 23.9 Å². The number of para-hydroxylation sites is 2. The highest BCUT2D eigenvalue weighted by Crippen LogP contribution is 2.31. The van der Waals surface area contributed by atoms with Crippen molar-refractivity contribution in [3.05, 3.63) is 72.8 Å². The molecule has 0 bridgehead atoms. The van der Waals surface area contributed by atoms with Crippen LogP contribution >= 0.6 is 0 Å². The van der Waals surface area contributed by atoms with Crippen molar-refractivity contribution in [3.8, 4) is 28.7 Å². The lowest BCUT2D eigenvalue weighted by atomic mass is 10.3. The van der Waals surface area contributed by atoms with Gasteiger partial charge < -0.3 is 29.2 Å². The van der Waals surface area contributed by atoms with Crippen LogP contribution in [0.2, 0.25) is 0 Å². The Labute approximate surface area is 182 Å². The van der Waals surface area contributed by atoms with Gasteiger partial charge in [0.05, 0.1) is 20.8 Å². The Morgan fingerprint density at radius 2 is 1.42 bits per heavy atom. The number of ether oxygens (including phenoxy) is 4. The van der Waals surface area contributed by atoms with Crippen molar-refractivity contribution >= 4 is 11.7 Å². The van der Waals surface area contributed by atoms with Gasteiger partial charge in [0, 0.05) is 12.7 Å². The van der Waals surface area contributed by atoms with E-state index in [1.165, 1.54) is 0 Å². The second kappa shape index (κ2) is 10.8. The zero-order chi connectivity index (χ0) is 22.1. The Hall–Kier alpha value is -3.87. The lowest BCUT2D eigenvalue weighted by Crippen LogP contribution is -2.34. The van der Waals surface area contributed by atoms with E-state index in [4.69, 9.17) is 18.9 Å². The third-order valence-corrected chi connectivity index (χ3v) is 4.50. The third kappa shape index (κ3) is 6.30. The van der Waals surface area contributed by atoms with E-state index in [9.17, 15) is 4.79 Å². The predicted molar refractivity (Wildman–Crippen MR) is 120 cm³/mol. The van der Waals surface area contributed by atoms with Crippen molar-refractivity contribution < 1.29 is 23.7 Å². The lowest BCUT2D eigenvalue weighted by Gasteiger charge is -2.18. The highest BCUT2D eigenvalue weighted by atomic mass is 16.5. The molecule has 0 fully saturated rings. The first kappa shape index (κ1) is 21.8. The second-order valence-corrected chi connectivity index (χ2v) is 6.65. The zero-order valence-corrected chi connectivity index (χ0v) is 17.8. The minimum absolute atomic E-state index is 0.225. The maximum Gasteiger partial charge on any atom is 0.321 e. The molecule has 0 aliphatic heterocycles. The first-order chi connectivity index (χ1) is 15.1. The highest BCUT2D eigenvalue weighted by molar-refractivity contribution is 5.89. The van der Waals surface area contributed by atoms with Crippen LogP contribution in [0.3, 0.4) is 0 Å². The summed E-state index contributed by atoms with van der Waals surface area (Å²) in [4.78, 5) is 14.0. The van der Waals surface area contributed by atoms with Crippen LogP contribution in [0.4, 0.5) is 10.5 Å². The van der Waals surface area contributed by atoms with Gasteiger partial charge in [-0.1, -0.05) is 12.1 Å². The van der Waals surface area contributed by atoms with E-state index in [0.717, 1.165) is 11.5 Å².